The predicted octanol–water partition coefficient (Wildman–Crippen LogP) is 3.69. The molecule has 0 saturated carbocycles. The standard InChI is InChI=1S/C24H23F2N3O2S/c25-20-5-1-17(2-6-20)23(18-3-7-21(26)8-4-18)29-12-10-28(11-13-29)22(30)15-27-24(31)19-9-14-32-16-19/h1-9,14,16,23H,10-13,15H2,(H,27,31). The van der Waals surface area contributed by atoms with Gasteiger partial charge in [0, 0.05) is 37.1 Å². The van der Waals surface area contributed by atoms with Crippen molar-refractivity contribution in [2.75, 3.05) is 32.7 Å². The van der Waals surface area contributed by atoms with E-state index in [1.54, 1.807) is 40.6 Å². The van der Waals surface area contributed by atoms with Gasteiger partial charge in [-0.15, -0.1) is 0 Å². The van der Waals surface area contributed by atoms with Gasteiger partial charge in [-0.05, 0) is 46.8 Å². The van der Waals surface area contributed by atoms with Gasteiger partial charge in [0.2, 0.25) is 5.91 Å². The second kappa shape index (κ2) is 10.0. The Labute approximate surface area is 189 Å². The van der Waals surface area contributed by atoms with Crippen molar-refractivity contribution in [3.8, 4) is 0 Å². The number of hydrogen-bond donors (Lipinski definition) is 1. The van der Waals surface area contributed by atoms with Crippen LogP contribution in [0.5, 0.6) is 0 Å². The van der Waals surface area contributed by atoms with Gasteiger partial charge in [0.1, 0.15) is 11.6 Å². The third-order valence-electron chi connectivity index (χ3n) is 5.59. The van der Waals surface area contributed by atoms with E-state index in [9.17, 15) is 18.4 Å². The number of hydrogen-bond acceptors (Lipinski definition) is 4. The van der Waals surface area contributed by atoms with E-state index in [1.807, 2.05) is 5.38 Å². The fourth-order valence-electron chi connectivity index (χ4n) is 3.90. The first-order valence-electron chi connectivity index (χ1n) is 10.3. The molecule has 2 amide bonds. The highest BCUT2D eigenvalue weighted by molar-refractivity contribution is 7.08. The molecule has 0 spiro atoms. The fraction of sp³-hybridized carbons (Fsp3) is 0.250. The molecule has 1 saturated heterocycles. The first-order valence-corrected chi connectivity index (χ1v) is 11.3. The second-order valence-corrected chi connectivity index (χ2v) is 8.40. The number of nitrogens with one attached hydrogen (secondary N) is 1. The largest absolute Gasteiger partial charge is 0.343 e. The molecule has 0 radical (unpaired) electrons. The molecule has 1 fully saturated rings. The molecule has 3 aromatic rings. The highest BCUT2D eigenvalue weighted by Crippen LogP contribution is 2.30. The Morgan fingerprint density at radius 1 is 0.875 bits per heavy atom. The second-order valence-electron chi connectivity index (χ2n) is 7.62. The molecule has 0 unspecified atom stereocenters. The number of thiophene rings is 1. The number of nitrogens with zero attached hydrogens (tertiary/aromatic N) is 2. The average Bonchev–Trinajstić information content (AvgIpc) is 3.36. The number of amides is 2. The van der Waals surface area contributed by atoms with Crippen molar-refractivity contribution in [3.63, 3.8) is 0 Å². The maximum atomic E-state index is 13.5. The van der Waals surface area contributed by atoms with E-state index < -0.39 is 0 Å². The Balaban J connectivity index is 1.40. The number of benzene rings is 2. The highest BCUT2D eigenvalue weighted by atomic mass is 32.1. The van der Waals surface area contributed by atoms with E-state index in [4.69, 9.17) is 0 Å². The van der Waals surface area contributed by atoms with Crippen molar-refractivity contribution in [2.24, 2.45) is 0 Å². The number of rotatable bonds is 6. The van der Waals surface area contributed by atoms with Crippen LogP contribution < -0.4 is 5.32 Å². The number of carbonyl (C=O) groups excluding carboxylic acids is 2. The van der Waals surface area contributed by atoms with Gasteiger partial charge < -0.3 is 10.2 Å². The van der Waals surface area contributed by atoms with Crippen LogP contribution in [0.4, 0.5) is 8.78 Å². The molecule has 1 aliphatic rings. The van der Waals surface area contributed by atoms with Crippen molar-refractivity contribution in [1.29, 1.82) is 0 Å². The van der Waals surface area contributed by atoms with Gasteiger partial charge in [-0.25, -0.2) is 8.78 Å². The van der Waals surface area contributed by atoms with Crippen molar-refractivity contribution >= 4 is 23.2 Å². The van der Waals surface area contributed by atoms with E-state index in [0.29, 0.717) is 31.7 Å². The van der Waals surface area contributed by atoms with E-state index in [0.717, 1.165) is 11.1 Å². The lowest BCUT2D eigenvalue weighted by Crippen LogP contribution is -2.52. The van der Waals surface area contributed by atoms with Crippen molar-refractivity contribution in [3.05, 3.63) is 93.7 Å². The molecule has 2 aromatic carbocycles. The molecule has 1 aliphatic heterocycles. The van der Waals surface area contributed by atoms with Crippen molar-refractivity contribution in [2.45, 2.75) is 6.04 Å². The van der Waals surface area contributed by atoms with E-state index in [-0.39, 0.29) is 36.0 Å². The van der Waals surface area contributed by atoms with Gasteiger partial charge >= 0.3 is 0 Å². The maximum Gasteiger partial charge on any atom is 0.252 e. The Bertz CT molecular complexity index is 1000. The zero-order valence-corrected chi connectivity index (χ0v) is 18.2. The lowest BCUT2D eigenvalue weighted by atomic mass is 9.96. The van der Waals surface area contributed by atoms with Gasteiger partial charge in [0.25, 0.3) is 5.91 Å². The molecule has 0 bridgehead atoms. The van der Waals surface area contributed by atoms with Gasteiger partial charge in [-0.3, -0.25) is 14.5 Å². The zero-order valence-electron chi connectivity index (χ0n) is 17.3. The summed E-state index contributed by atoms with van der Waals surface area (Å²) in [5, 5.41) is 6.22. The van der Waals surface area contributed by atoms with Crippen LogP contribution in [0.15, 0.2) is 65.4 Å². The fourth-order valence-corrected chi connectivity index (χ4v) is 4.53. The third kappa shape index (κ3) is 5.20. The summed E-state index contributed by atoms with van der Waals surface area (Å²) < 4.78 is 26.9. The topological polar surface area (TPSA) is 52.7 Å². The molecule has 1 N–H and O–H groups in total. The summed E-state index contributed by atoms with van der Waals surface area (Å²) in [5.41, 5.74) is 2.36. The molecule has 4 rings (SSSR count). The first kappa shape index (κ1) is 22.1. The third-order valence-corrected chi connectivity index (χ3v) is 6.27. The summed E-state index contributed by atoms with van der Waals surface area (Å²) in [5.74, 6) is -1.02. The van der Waals surface area contributed by atoms with Crippen LogP contribution in [-0.4, -0.2) is 54.3 Å². The van der Waals surface area contributed by atoms with Gasteiger partial charge in [-0.1, -0.05) is 24.3 Å². The van der Waals surface area contributed by atoms with Crippen molar-refractivity contribution in [1.82, 2.24) is 15.1 Å². The molecule has 8 heteroatoms. The summed E-state index contributed by atoms with van der Waals surface area (Å²) in [6.07, 6.45) is 0. The van der Waals surface area contributed by atoms with E-state index in [1.165, 1.54) is 35.6 Å². The van der Waals surface area contributed by atoms with Crippen LogP contribution in [0.25, 0.3) is 0 Å². The van der Waals surface area contributed by atoms with Crippen molar-refractivity contribution < 1.29 is 18.4 Å². The summed E-state index contributed by atoms with van der Waals surface area (Å²) >= 11 is 1.43. The normalized spacial score (nSPS) is 14.5. The molecule has 32 heavy (non-hydrogen) atoms. The van der Waals surface area contributed by atoms with Crippen LogP contribution in [0.1, 0.15) is 27.5 Å². The van der Waals surface area contributed by atoms with Gasteiger partial charge in [-0.2, -0.15) is 11.3 Å². The molecule has 0 aliphatic carbocycles. The lowest BCUT2D eigenvalue weighted by molar-refractivity contribution is -0.132. The SMILES string of the molecule is O=C(NCC(=O)N1CCN(C(c2ccc(F)cc2)c2ccc(F)cc2)CC1)c1ccsc1. The smallest absolute Gasteiger partial charge is 0.252 e. The minimum atomic E-state index is -0.313. The quantitative estimate of drug-likeness (QED) is 0.617. The molecule has 166 valence electrons. The van der Waals surface area contributed by atoms with Gasteiger partial charge in [0.05, 0.1) is 12.6 Å². The van der Waals surface area contributed by atoms with Crippen LogP contribution in [0, 0.1) is 11.6 Å². The Morgan fingerprint density at radius 3 is 1.94 bits per heavy atom. The molecule has 1 aromatic heterocycles. The Hall–Kier alpha value is -3.10. The lowest BCUT2D eigenvalue weighted by Gasteiger charge is -2.39. The maximum absolute atomic E-state index is 13.5. The summed E-state index contributed by atoms with van der Waals surface area (Å²) in [6.45, 7) is 2.17. The monoisotopic (exact) mass is 455 g/mol. The molecule has 5 nitrogen and oxygen atoms in total. The molecule has 0 atom stereocenters. The van der Waals surface area contributed by atoms with E-state index >= 15 is 0 Å². The summed E-state index contributed by atoms with van der Waals surface area (Å²) in [4.78, 5) is 28.6. The minimum absolute atomic E-state index is 0.0476. The number of carbonyl (C=O) groups is 2. The Morgan fingerprint density at radius 2 is 1.44 bits per heavy atom. The van der Waals surface area contributed by atoms with Crippen LogP contribution in [0.2, 0.25) is 0 Å². The van der Waals surface area contributed by atoms with E-state index in [2.05, 4.69) is 10.2 Å². The number of halogens is 2. The summed E-state index contributed by atoms with van der Waals surface area (Å²) in [7, 11) is 0. The number of piperazine rings is 1. The summed E-state index contributed by atoms with van der Waals surface area (Å²) in [6, 6.07) is 14.2. The van der Waals surface area contributed by atoms with Crippen LogP contribution in [-0.2, 0) is 4.79 Å². The van der Waals surface area contributed by atoms with Gasteiger partial charge in [0.15, 0.2) is 0 Å². The molecular formula is C24H23F2N3O2S. The highest BCUT2D eigenvalue weighted by Gasteiger charge is 2.28. The molecular weight excluding hydrogens is 432 g/mol. The minimum Gasteiger partial charge on any atom is -0.343 e. The first-order chi connectivity index (χ1) is 15.5. The zero-order chi connectivity index (χ0) is 22.5. The average molecular weight is 456 g/mol. The predicted molar refractivity (Wildman–Crippen MR) is 119 cm³/mol. The van der Waals surface area contributed by atoms with Crippen LogP contribution in [0.3, 0.4) is 0 Å². The van der Waals surface area contributed by atoms with Crippen LogP contribution >= 0.6 is 11.3 Å². The molecule has 2 heterocycles. The Kier molecular flexibility index (Phi) is 6.92.